The van der Waals surface area contributed by atoms with E-state index >= 15 is 0 Å². The van der Waals surface area contributed by atoms with Crippen LogP contribution in [0.2, 0.25) is 0 Å². The average molecular weight is 231 g/mol. The standard InChI is InChI=1S/C11H21NO2S/c1-8(2)6-7-12-11(14)5-4-10(13)9(3)15/h8-9,15H,4-7H2,1-3H3,(H,12,14). The molecule has 4 heteroatoms. The Balaban J connectivity index is 3.54. The predicted molar refractivity (Wildman–Crippen MR) is 65.2 cm³/mol. The fourth-order valence-corrected chi connectivity index (χ4v) is 1.16. The molecular weight excluding hydrogens is 210 g/mol. The topological polar surface area (TPSA) is 46.2 Å². The Morgan fingerprint density at radius 3 is 2.27 bits per heavy atom. The number of Topliss-reactive ketones (excluding diaryl/α,β-unsaturated/α-hetero) is 1. The Kier molecular flexibility index (Phi) is 7.48. The minimum absolute atomic E-state index is 0.0253. The highest BCUT2D eigenvalue weighted by atomic mass is 32.1. The summed E-state index contributed by atoms with van der Waals surface area (Å²) in [6.45, 7) is 6.64. The van der Waals surface area contributed by atoms with E-state index in [1.807, 2.05) is 0 Å². The predicted octanol–water partition coefficient (Wildman–Crippen LogP) is 1.82. The van der Waals surface area contributed by atoms with Crippen LogP contribution in [0, 0.1) is 5.92 Å². The molecule has 0 aliphatic heterocycles. The van der Waals surface area contributed by atoms with Gasteiger partial charge < -0.3 is 5.32 Å². The molecule has 88 valence electrons. The van der Waals surface area contributed by atoms with Gasteiger partial charge in [-0.15, -0.1) is 0 Å². The molecule has 0 rings (SSSR count). The van der Waals surface area contributed by atoms with Gasteiger partial charge in [-0.1, -0.05) is 13.8 Å². The summed E-state index contributed by atoms with van der Waals surface area (Å²) in [5.41, 5.74) is 0. The summed E-state index contributed by atoms with van der Waals surface area (Å²) >= 11 is 4.01. The van der Waals surface area contributed by atoms with Crippen molar-refractivity contribution in [3.8, 4) is 0 Å². The third-order valence-corrected chi connectivity index (χ3v) is 2.40. The van der Waals surface area contributed by atoms with Gasteiger partial charge in [0.15, 0.2) is 0 Å². The molecule has 0 aromatic carbocycles. The van der Waals surface area contributed by atoms with Crippen LogP contribution in [0.1, 0.15) is 40.0 Å². The molecule has 0 bridgehead atoms. The lowest BCUT2D eigenvalue weighted by Crippen LogP contribution is -2.26. The normalized spacial score (nSPS) is 12.6. The molecule has 0 aromatic rings. The SMILES string of the molecule is CC(C)CCNC(=O)CCC(=O)C(C)S. The molecule has 15 heavy (non-hydrogen) atoms. The number of thiol groups is 1. The maximum Gasteiger partial charge on any atom is 0.220 e. The molecular formula is C11H21NO2S. The van der Waals surface area contributed by atoms with E-state index in [-0.39, 0.29) is 29.8 Å². The number of ketones is 1. The van der Waals surface area contributed by atoms with Crippen molar-refractivity contribution in [3.63, 3.8) is 0 Å². The van der Waals surface area contributed by atoms with E-state index in [2.05, 4.69) is 31.8 Å². The van der Waals surface area contributed by atoms with Crippen LogP contribution >= 0.6 is 12.6 Å². The summed E-state index contributed by atoms with van der Waals surface area (Å²) in [6, 6.07) is 0. The van der Waals surface area contributed by atoms with Crippen molar-refractivity contribution in [2.75, 3.05) is 6.54 Å². The van der Waals surface area contributed by atoms with Gasteiger partial charge in [-0.25, -0.2) is 0 Å². The second-order valence-corrected chi connectivity index (χ2v) is 4.95. The van der Waals surface area contributed by atoms with E-state index in [1.54, 1.807) is 6.92 Å². The van der Waals surface area contributed by atoms with E-state index < -0.39 is 0 Å². The van der Waals surface area contributed by atoms with Gasteiger partial charge in [0.25, 0.3) is 0 Å². The van der Waals surface area contributed by atoms with E-state index in [0.717, 1.165) is 6.42 Å². The smallest absolute Gasteiger partial charge is 0.220 e. The van der Waals surface area contributed by atoms with Crippen LogP contribution in [-0.2, 0) is 9.59 Å². The third kappa shape index (κ3) is 8.48. The number of rotatable bonds is 7. The number of hydrogen-bond acceptors (Lipinski definition) is 3. The molecule has 0 aliphatic rings. The van der Waals surface area contributed by atoms with Crippen LogP contribution in [0.4, 0.5) is 0 Å². The summed E-state index contributed by atoms with van der Waals surface area (Å²) < 4.78 is 0. The number of carbonyl (C=O) groups is 2. The van der Waals surface area contributed by atoms with Gasteiger partial charge in [0, 0.05) is 19.4 Å². The van der Waals surface area contributed by atoms with E-state index in [9.17, 15) is 9.59 Å². The first-order valence-electron chi connectivity index (χ1n) is 5.41. The van der Waals surface area contributed by atoms with Gasteiger partial charge in [0.2, 0.25) is 5.91 Å². The first-order valence-corrected chi connectivity index (χ1v) is 5.92. The fraction of sp³-hybridized carbons (Fsp3) is 0.818. The quantitative estimate of drug-likeness (QED) is 0.656. The number of carbonyl (C=O) groups excluding carboxylic acids is 2. The second kappa shape index (κ2) is 7.74. The zero-order valence-corrected chi connectivity index (χ0v) is 10.6. The van der Waals surface area contributed by atoms with Crippen molar-refractivity contribution in [1.82, 2.24) is 5.32 Å². The van der Waals surface area contributed by atoms with Crippen molar-refractivity contribution < 1.29 is 9.59 Å². The first kappa shape index (κ1) is 14.5. The van der Waals surface area contributed by atoms with Gasteiger partial charge in [0.1, 0.15) is 5.78 Å². The molecule has 0 fully saturated rings. The second-order valence-electron chi connectivity index (χ2n) is 4.17. The maximum atomic E-state index is 11.3. The fourth-order valence-electron chi connectivity index (χ4n) is 1.03. The van der Waals surface area contributed by atoms with E-state index in [0.29, 0.717) is 12.5 Å². The van der Waals surface area contributed by atoms with Crippen LogP contribution in [-0.4, -0.2) is 23.5 Å². The van der Waals surface area contributed by atoms with Gasteiger partial charge in [0.05, 0.1) is 5.25 Å². The monoisotopic (exact) mass is 231 g/mol. The van der Waals surface area contributed by atoms with Crippen molar-refractivity contribution >= 4 is 24.3 Å². The number of hydrogen-bond donors (Lipinski definition) is 2. The Morgan fingerprint density at radius 2 is 1.80 bits per heavy atom. The Labute approximate surface area is 97.4 Å². The highest BCUT2D eigenvalue weighted by Gasteiger charge is 2.10. The molecule has 0 radical (unpaired) electrons. The number of amides is 1. The van der Waals surface area contributed by atoms with Crippen molar-refractivity contribution in [2.24, 2.45) is 5.92 Å². The van der Waals surface area contributed by atoms with Gasteiger partial charge in [-0.05, 0) is 19.3 Å². The van der Waals surface area contributed by atoms with Gasteiger partial charge in [-0.3, -0.25) is 9.59 Å². The molecule has 1 N–H and O–H groups in total. The largest absolute Gasteiger partial charge is 0.356 e. The molecule has 0 spiro atoms. The third-order valence-electron chi connectivity index (χ3n) is 2.11. The van der Waals surface area contributed by atoms with Gasteiger partial charge >= 0.3 is 0 Å². The molecule has 0 aliphatic carbocycles. The maximum absolute atomic E-state index is 11.3. The lowest BCUT2D eigenvalue weighted by molar-refractivity contribution is -0.125. The van der Waals surface area contributed by atoms with Crippen LogP contribution in [0.25, 0.3) is 0 Å². The van der Waals surface area contributed by atoms with Crippen LogP contribution in [0.15, 0.2) is 0 Å². The van der Waals surface area contributed by atoms with E-state index in [4.69, 9.17) is 0 Å². The molecule has 1 unspecified atom stereocenters. The summed E-state index contributed by atoms with van der Waals surface area (Å²) in [7, 11) is 0. The van der Waals surface area contributed by atoms with Crippen molar-refractivity contribution in [1.29, 1.82) is 0 Å². The Morgan fingerprint density at radius 1 is 1.20 bits per heavy atom. The molecule has 0 saturated heterocycles. The van der Waals surface area contributed by atoms with Crippen molar-refractivity contribution in [2.45, 2.75) is 45.3 Å². The molecule has 0 saturated carbocycles. The number of nitrogens with one attached hydrogen (secondary N) is 1. The lowest BCUT2D eigenvalue weighted by Gasteiger charge is -2.07. The molecule has 1 atom stereocenters. The van der Waals surface area contributed by atoms with E-state index in [1.165, 1.54) is 0 Å². The minimum Gasteiger partial charge on any atom is -0.356 e. The first-order chi connectivity index (χ1) is 6.93. The Bertz CT molecular complexity index is 215. The molecule has 0 heterocycles. The van der Waals surface area contributed by atoms with Gasteiger partial charge in [-0.2, -0.15) is 12.6 Å². The zero-order chi connectivity index (χ0) is 11.8. The van der Waals surface area contributed by atoms with Crippen LogP contribution in [0.5, 0.6) is 0 Å². The van der Waals surface area contributed by atoms with Crippen molar-refractivity contribution in [3.05, 3.63) is 0 Å². The summed E-state index contributed by atoms with van der Waals surface area (Å²) in [5.74, 6) is 0.569. The molecule has 0 aromatic heterocycles. The summed E-state index contributed by atoms with van der Waals surface area (Å²) in [4.78, 5) is 22.4. The summed E-state index contributed by atoms with van der Waals surface area (Å²) in [6.07, 6.45) is 1.54. The van der Waals surface area contributed by atoms with Crippen LogP contribution in [0.3, 0.4) is 0 Å². The van der Waals surface area contributed by atoms with Crippen LogP contribution < -0.4 is 5.32 Å². The minimum atomic E-state index is -0.270. The molecule has 3 nitrogen and oxygen atoms in total. The average Bonchev–Trinajstić information content (AvgIpc) is 2.13. The Hall–Kier alpha value is -0.510. The summed E-state index contributed by atoms with van der Waals surface area (Å²) in [5, 5.41) is 2.52. The molecule has 1 amide bonds. The highest BCUT2D eigenvalue weighted by Crippen LogP contribution is 2.02. The zero-order valence-electron chi connectivity index (χ0n) is 9.75. The lowest BCUT2D eigenvalue weighted by atomic mass is 10.1. The highest BCUT2D eigenvalue weighted by molar-refractivity contribution is 7.81.